The van der Waals surface area contributed by atoms with Crippen molar-refractivity contribution < 1.29 is 67.0 Å². The Morgan fingerprint density at radius 2 is 1.62 bits per heavy atom. The lowest BCUT2D eigenvalue weighted by atomic mass is 10.1. The number of halogens is 1. The molecule has 20 nitrogen and oxygen atoms in total. The normalized spacial score (nSPS) is 20.5. The lowest BCUT2D eigenvalue weighted by molar-refractivity contribution is -0.122. The number of ether oxygens (including phenoxy) is 5. The van der Waals surface area contributed by atoms with Crippen LogP contribution in [0.1, 0.15) is 17.8 Å². The molecule has 2 aromatic heterocycles. The van der Waals surface area contributed by atoms with E-state index in [9.17, 15) is 29.0 Å². The van der Waals surface area contributed by atoms with Crippen LogP contribution in [0, 0.1) is 12.3 Å². The fraction of sp³-hybridized carbons (Fsp3) is 0.533. The smallest absolute Gasteiger partial charge is 0.340 e. The van der Waals surface area contributed by atoms with Crippen molar-refractivity contribution in [3.05, 3.63) is 47.4 Å². The molecule has 292 valence electrons. The Hall–Kier alpha value is -3.09. The van der Waals surface area contributed by atoms with E-state index in [2.05, 4.69) is 31.6 Å². The molecular formula is C30H41ClN6O14P2. The summed E-state index contributed by atoms with van der Waals surface area (Å²) in [7, 11) is -9.67. The molecule has 4 rings (SSSR count). The van der Waals surface area contributed by atoms with Crippen molar-refractivity contribution in [1.82, 2.24) is 25.1 Å². The second-order valence-electron chi connectivity index (χ2n) is 11.3. The zero-order valence-electron chi connectivity index (χ0n) is 28.2. The fourth-order valence-corrected chi connectivity index (χ4v) is 7.68. The number of carbonyl (C=O) groups is 1. The Morgan fingerprint density at radius 3 is 2.26 bits per heavy atom. The van der Waals surface area contributed by atoms with Gasteiger partial charge >= 0.3 is 15.2 Å². The van der Waals surface area contributed by atoms with E-state index in [1.165, 1.54) is 6.20 Å². The van der Waals surface area contributed by atoms with Gasteiger partial charge in [0.2, 0.25) is 11.2 Å². The van der Waals surface area contributed by atoms with Crippen LogP contribution in [0.5, 0.6) is 0 Å². The van der Waals surface area contributed by atoms with Crippen LogP contribution in [0.2, 0.25) is 5.28 Å². The van der Waals surface area contributed by atoms with Crippen molar-refractivity contribution in [2.45, 2.75) is 30.6 Å². The van der Waals surface area contributed by atoms with Crippen molar-refractivity contribution in [3.8, 4) is 12.3 Å². The summed E-state index contributed by atoms with van der Waals surface area (Å²) >= 11 is 6.27. The lowest BCUT2D eigenvalue weighted by Crippen LogP contribution is -2.36. The molecule has 0 saturated carbocycles. The summed E-state index contributed by atoms with van der Waals surface area (Å²) in [5.74, 6) is 0.598. The minimum absolute atomic E-state index is 0.0307. The molecule has 7 N–H and O–H groups in total. The standard InChI is InChI=1S/C30H41ClN6O14P2/c1-2-9-46-11-13-48-15-16-49-14-12-47-10-8-32-28(40)23(20-6-4-3-5-7-20)34-26-21-17-33-37(27(21)36-30(31)35-26)29-25(39)24(38)22(51-29)18-50-53(44,45)19-52(41,42)43/h1,3-7,17,22-25,29,38-39H,8-16,18-19H2,(H,32,40)(H,44,45)(H,34,35,36)(H2,41,42,43)/t22-,23+,24-,25-,29-/m1/s1. The van der Waals surface area contributed by atoms with Crippen LogP contribution in [0.3, 0.4) is 0 Å². The molecule has 0 radical (unpaired) electrons. The Bertz CT molecular complexity index is 1760. The minimum atomic E-state index is -4.90. The van der Waals surface area contributed by atoms with Crippen LogP contribution in [-0.4, -0.2) is 141 Å². The first-order valence-corrected chi connectivity index (χ1v) is 20.0. The molecule has 1 aliphatic rings. The third kappa shape index (κ3) is 13.3. The highest BCUT2D eigenvalue weighted by Gasteiger charge is 2.46. The molecule has 53 heavy (non-hydrogen) atoms. The minimum Gasteiger partial charge on any atom is -0.387 e. The highest BCUT2D eigenvalue weighted by atomic mass is 35.5. The van der Waals surface area contributed by atoms with E-state index in [4.69, 9.17) is 56.0 Å². The maximum Gasteiger partial charge on any atom is 0.340 e. The van der Waals surface area contributed by atoms with Crippen LogP contribution >= 0.6 is 26.8 Å². The highest BCUT2D eigenvalue weighted by molar-refractivity contribution is 7.70. The summed E-state index contributed by atoms with van der Waals surface area (Å²) in [6, 6.07) is 7.79. The Balaban J connectivity index is 1.35. The first kappa shape index (κ1) is 42.6. The Morgan fingerprint density at radius 1 is 0.981 bits per heavy atom. The quantitative estimate of drug-likeness (QED) is 0.0296. The van der Waals surface area contributed by atoms with E-state index in [1.807, 2.05) is 0 Å². The maximum absolute atomic E-state index is 13.5. The monoisotopic (exact) mass is 806 g/mol. The van der Waals surface area contributed by atoms with Gasteiger partial charge in [0.1, 0.15) is 36.8 Å². The van der Waals surface area contributed by atoms with Crippen molar-refractivity contribution in [3.63, 3.8) is 0 Å². The van der Waals surface area contributed by atoms with Gasteiger partial charge in [-0.1, -0.05) is 36.3 Å². The molecule has 3 heterocycles. The largest absolute Gasteiger partial charge is 0.387 e. The van der Waals surface area contributed by atoms with E-state index < -0.39 is 64.2 Å². The van der Waals surface area contributed by atoms with Crippen LogP contribution in [-0.2, 0) is 42.1 Å². The average Bonchev–Trinajstić information content (AvgIpc) is 3.65. The number of fused-ring (bicyclic) bond motifs is 1. The number of hydrogen-bond donors (Lipinski definition) is 7. The first-order valence-electron chi connectivity index (χ1n) is 16.1. The number of amides is 1. The SMILES string of the molecule is C#CCOCCOCCOCCOCCNC(=O)[C@@H](Nc1nc(Cl)nc2c1cnn2[C@@H]1O[C@H](COP(=O)(O)CP(=O)(O)O)[C@@H](O)[C@H]1O)c1ccccc1. The van der Waals surface area contributed by atoms with E-state index in [-0.39, 0.29) is 41.9 Å². The molecular weight excluding hydrogens is 766 g/mol. The van der Waals surface area contributed by atoms with Crippen molar-refractivity contribution >= 4 is 49.6 Å². The summed E-state index contributed by atoms with van der Waals surface area (Å²) in [6.07, 6.45) is 0.284. The second-order valence-corrected chi connectivity index (χ2v) is 15.7. The number of rotatable bonds is 23. The van der Waals surface area contributed by atoms with Gasteiger partial charge in [0.05, 0.1) is 64.4 Å². The molecule has 1 aromatic carbocycles. The van der Waals surface area contributed by atoms with Crippen molar-refractivity contribution in [1.29, 1.82) is 0 Å². The van der Waals surface area contributed by atoms with Gasteiger partial charge in [0.15, 0.2) is 17.8 Å². The summed E-state index contributed by atoms with van der Waals surface area (Å²) in [6.45, 7) is 2.04. The van der Waals surface area contributed by atoms with Gasteiger partial charge in [-0.15, -0.1) is 6.42 Å². The maximum atomic E-state index is 13.5. The summed E-state index contributed by atoms with van der Waals surface area (Å²) in [5, 5.41) is 31.5. The van der Waals surface area contributed by atoms with Crippen LogP contribution < -0.4 is 10.6 Å². The summed E-state index contributed by atoms with van der Waals surface area (Å²) in [4.78, 5) is 49.7. The van der Waals surface area contributed by atoms with E-state index in [0.717, 1.165) is 4.68 Å². The summed E-state index contributed by atoms with van der Waals surface area (Å²) < 4.78 is 56.2. The van der Waals surface area contributed by atoms with Crippen LogP contribution in [0.15, 0.2) is 36.5 Å². The predicted molar refractivity (Wildman–Crippen MR) is 187 cm³/mol. The molecule has 1 amide bonds. The third-order valence-corrected chi connectivity index (χ3v) is 11.0. The number of benzene rings is 1. The van der Waals surface area contributed by atoms with Gasteiger partial charge in [-0.25, -0.2) is 4.68 Å². The second kappa shape index (κ2) is 20.6. The van der Waals surface area contributed by atoms with E-state index in [1.54, 1.807) is 30.3 Å². The molecule has 0 bridgehead atoms. The number of aromatic nitrogens is 4. The molecule has 3 aromatic rings. The van der Waals surface area contributed by atoms with E-state index >= 15 is 0 Å². The van der Waals surface area contributed by atoms with Crippen LogP contribution in [0.4, 0.5) is 5.82 Å². The molecule has 0 aliphatic carbocycles. The number of anilines is 1. The lowest BCUT2D eigenvalue weighted by Gasteiger charge is -2.20. The van der Waals surface area contributed by atoms with Crippen LogP contribution in [0.25, 0.3) is 11.0 Å². The van der Waals surface area contributed by atoms with Crippen molar-refractivity contribution in [2.75, 3.05) is 77.2 Å². The molecule has 6 atom stereocenters. The number of nitrogens with one attached hydrogen (secondary N) is 2. The summed E-state index contributed by atoms with van der Waals surface area (Å²) in [5.41, 5.74) is 0.614. The van der Waals surface area contributed by atoms with Gasteiger partial charge in [-0.05, 0) is 17.2 Å². The van der Waals surface area contributed by atoms with E-state index in [0.29, 0.717) is 45.2 Å². The van der Waals surface area contributed by atoms with Gasteiger partial charge < -0.3 is 63.7 Å². The average molecular weight is 807 g/mol. The van der Waals surface area contributed by atoms with Gasteiger partial charge in [-0.2, -0.15) is 15.1 Å². The number of terminal acetylenes is 1. The van der Waals surface area contributed by atoms with Crippen molar-refractivity contribution in [2.24, 2.45) is 0 Å². The van der Waals surface area contributed by atoms with Gasteiger partial charge in [-0.3, -0.25) is 13.9 Å². The molecule has 23 heteroatoms. The highest BCUT2D eigenvalue weighted by Crippen LogP contribution is 2.55. The third-order valence-electron chi connectivity index (χ3n) is 7.33. The first-order chi connectivity index (χ1) is 25.3. The molecule has 1 aliphatic heterocycles. The fourth-order valence-electron chi connectivity index (χ4n) is 4.95. The molecule has 1 saturated heterocycles. The topological polar surface area (TPSA) is 275 Å². The number of aliphatic hydroxyl groups is 2. The Labute approximate surface area is 308 Å². The van der Waals surface area contributed by atoms with Gasteiger partial charge in [0.25, 0.3) is 0 Å². The molecule has 1 fully saturated rings. The number of aliphatic hydroxyl groups excluding tert-OH is 2. The molecule has 1 unspecified atom stereocenters. The Kier molecular flexibility index (Phi) is 16.5. The zero-order chi connectivity index (χ0) is 38.4. The predicted octanol–water partition coefficient (Wildman–Crippen LogP) is 0.405. The van der Waals surface area contributed by atoms with Gasteiger partial charge in [0, 0.05) is 6.54 Å². The zero-order valence-corrected chi connectivity index (χ0v) is 30.7. The molecule has 0 spiro atoms. The number of nitrogens with zero attached hydrogens (tertiary/aromatic N) is 4. The number of hydrogen-bond acceptors (Lipinski definition) is 15. The number of carbonyl (C=O) groups excluding carboxylic acids is 1.